The van der Waals surface area contributed by atoms with E-state index in [9.17, 15) is 4.79 Å². The van der Waals surface area contributed by atoms with Gasteiger partial charge in [0.05, 0.1) is 6.26 Å². The molecule has 0 atom stereocenters. The Morgan fingerprint density at radius 2 is 1.78 bits per heavy atom. The van der Waals surface area contributed by atoms with Gasteiger partial charge in [0.25, 0.3) is 5.91 Å². The minimum Gasteiger partial charge on any atom is -0.459 e. The van der Waals surface area contributed by atoms with Gasteiger partial charge in [0.1, 0.15) is 0 Å². The molecule has 0 aliphatic carbocycles. The molecule has 23 heavy (non-hydrogen) atoms. The normalized spacial score (nSPS) is 10.3. The van der Waals surface area contributed by atoms with Gasteiger partial charge in [-0.15, -0.1) is 0 Å². The van der Waals surface area contributed by atoms with E-state index in [2.05, 4.69) is 41.8 Å². The Morgan fingerprint density at radius 3 is 2.48 bits per heavy atom. The molecule has 2 N–H and O–H groups in total. The number of hydrogen-bond acceptors (Lipinski definition) is 3. The van der Waals surface area contributed by atoms with Gasteiger partial charge in [-0.25, -0.2) is 0 Å². The summed E-state index contributed by atoms with van der Waals surface area (Å²) in [5, 5.41) is 6.16. The zero-order valence-electron chi connectivity index (χ0n) is 12.9. The number of furan rings is 1. The zero-order chi connectivity index (χ0) is 16.1. The Morgan fingerprint density at radius 1 is 1.00 bits per heavy atom. The number of anilines is 2. The third-order valence-corrected chi connectivity index (χ3v) is 3.47. The number of carbonyl (C=O) groups excluding carboxylic acids is 1. The molecule has 1 amide bonds. The second-order valence-corrected chi connectivity index (χ2v) is 5.35. The molecule has 0 saturated heterocycles. The van der Waals surface area contributed by atoms with Crippen molar-refractivity contribution < 1.29 is 9.21 Å². The summed E-state index contributed by atoms with van der Waals surface area (Å²) in [6.07, 6.45) is 1.48. The van der Waals surface area contributed by atoms with Crippen molar-refractivity contribution in [1.29, 1.82) is 0 Å². The largest absolute Gasteiger partial charge is 0.459 e. The number of nitrogens with one attached hydrogen (secondary N) is 2. The van der Waals surface area contributed by atoms with E-state index in [-0.39, 0.29) is 5.91 Å². The van der Waals surface area contributed by atoms with Crippen molar-refractivity contribution in [2.75, 3.05) is 10.6 Å². The van der Waals surface area contributed by atoms with E-state index < -0.39 is 0 Å². The predicted octanol–water partition coefficient (Wildman–Crippen LogP) is 4.45. The van der Waals surface area contributed by atoms with Crippen LogP contribution in [0.5, 0.6) is 0 Å². The molecule has 1 aromatic heterocycles. The van der Waals surface area contributed by atoms with Gasteiger partial charge in [-0.3, -0.25) is 4.79 Å². The molecular formula is C19H18N2O2. The average molecular weight is 306 g/mol. The summed E-state index contributed by atoms with van der Waals surface area (Å²) < 4.78 is 5.06. The second kappa shape index (κ2) is 6.83. The highest BCUT2D eigenvalue weighted by Crippen LogP contribution is 2.16. The van der Waals surface area contributed by atoms with E-state index in [0.717, 1.165) is 17.9 Å². The molecule has 116 valence electrons. The van der Waals surface area contributed by atoms with Crippen molar-refractivity contribution in [3.63, 3.8) is 0 Å². The highest BCUT2D eigenvalue weighted by Gasteiger charge is 2.08. The van der Waals surface area contributed by atoms with Gasteiger partial charge in [0.15, 0.2) is 5.76 Å². The highest BCUT2D eigenvalue weighted by molar-refractivity contribution is 6.02. The molecule has 4 nitrogen and oxygen atoms in total. The molecule has 0 aliphatic heterocycles. The standard InChI is InChI=1S/C19H18N2O2/c1-14-4-2-5-15(12-14)13-20-16-7-9-17(10-8-16)21-19(22)18-6-3-11-23-18/h2-12,20H,13H2,1H3,(H,21,22). The SMILES string of the molecule is Cc1cccc(CNc2ccc(NC(=O)c3ccco3)cc2)c1. The van der Waals surface area contributed by atoms with E-state index in [1.54, 1.807) is 12.1 Å². The number of carbonyl (C=O) groups is 1. The summed E-state index contributed by atoms with van der Waals surface area (Å²) in [5.41, 5.74) is 4.22. The molecule has 0 saturated carbocycles. The fraction of sp³-hybridized carbons (Fsp3) is 0.105. The number of rotatable bonds is 5. The third kappa shape index (κ3) is 4.01. The van der Waals surface area contributed by atoms with Crippen molar-refractivity contribution in [3.8, 4) is 0 Å². The quantitative estimate of drug-likeness (QED) is 0.732. The van der Waals surface area contributed by atoms with Crippen molar-refractivity contribution in [2.24, 2.45) is 0 Å². The molecule has 0 radical (unpaired) electrons. The lowest BCUT2D eigenvalue weighted by Gasteiger charge is -2.09. The van der Waals surface area contributed by atoms with Crippen LogP contribution in [-0.4, -0.2) is 5.91 Å². The molecule has 1 heterocycles. The van der Waals surface area contributed by atoms with Crippen LogP contribution in [0.3, 0.4) is 0 Å². The summed E-state index contributed by atoms with van der Waals surface area (Å²) in [6.45, 7) is 2.85. The average Bonchev–Trinajstić information content (AvgIpc) is 3.09. The molecule has 0 bridgehead atoms. The maximum Gasteiger partial charge on any atom is 0.291 e. The lowest BCUT2D eigenvalue weighted by Crippen LogP contribution is -2.10. The first-order chi connectivity index (χ1) is 11.2. The lowest BCUT2D eigenvalue weighted by atomic mass is 10.1. The van der Waals surface area contributed by atoms with Crippen LogP contribution in [0.2, 0.25) is 0 Å². The summed E-state index contributed by atoms with van der Waals surface area (Å²) in [6, 6.07) is 19.3. The maximum absolute atomic E-state index is 11.9. The first kappa shape index (κ1) is 14.9. The highest BCUT2D eigenvalue weighted by atomic mass is 16.3. The second-order valence-electron chi connectivity index (χ2n) is 5.35. The Balaban J connectivity index is 1.58. The van der Waals surface area contributed by atoms with Crippen LogP contribution in [0.15, 0.2) is 71.3 Å². The topological polar surface area (TPSA) is 54.3 Å². The summed E-state index contributed by atoms with van der Waals surface area (Å²) in [5.74, 6) is 0.0436. The molecule has 0 spiro atoms. The van der Waals surface area contributed by atoms with E-state index in [1.807, 2.05) is 24.3 Å². The minimum absolute atomic E-state index is 0.254. The summed E-state index contributed by atoms with van der Waals surface area (Å²) in [4.78, 5) is 11.9. The number of hydrogen-bond donors (Lipinski definition) is 2. The van der Waals surface area contributed by atoms with E-state index >= 15 is 0 Å². The molecule has 0 aliphatic rings. The molecule has 2 aromatic carbocycles. The van der Waals surface area contributed by atoms with E-state index in [0.29, 0.717) is 5.76 Å². The van der Waals surface area contributed by atoms with Crippen molar-refractivity contribution in [2.45, 2.75) is 13.5 Å². The van der Waals surface area contributed by atoms with Gasteiger partial charge in [0.2, 0.25) is 0 Å². The van der Waals surface area contributed by atoms with Crippen LogP contribution in [0, 0.1) is 6.92 Å². The van der Waals surface area contributed by atoms with Crippen molar-refractivity contribution in [3.05, 3.63) is 83.8 Å². The third-order valence-electron chi connectivity index (χ3n) is 3.47. The minimum atomic E-state index is -0.254. The number of aryl methyl sites for hydroxylation is 1. The van der Waals surface area contributed by atoms with Gasteiger partial charge in [-0.05, 0) is 48.9 Å². The van der Waals surface area contributed by atoms with Crippen LogP contribution in [-0.2, 0) is 6.54 Å². The smallest absolute Gasteiger partial charge is 0.291 e. The summed E-state index contributed by atoms with van der Waals surface area (Å²) in [7, 11) is 0. The van der Waals surface area contributed by atoms with Crippen LogP contribution >= 0.6 is 0 Å². The Labute approximate surface area is 135 Å². The van der Waals surface area contributed by atoms with E-state index in [4.69, 9.17) is 4.42 Å². The van der Waals surface area contributed by atoms with Crippen molar-refractivity contribution in [1.82, 2.24) is 0 Å². The Hall–Kier alpha value is -3.01. The fourth-order valence-corrected chi connectivity index (χ4v) is 2.30. The van der Waals surface area contributed by atoms with Gasteiger partial charge < -0.3 is 15.1 Å². The van der Waals surface area contributed by atoms with Gasteiger partial charge in [-0.1, -0.05) is 29.8 Å². The fourth-order valence-electron chi connectivity index (χ4n) is 2.30. The summed E-state index contributed by atoms with van der Waals surface area (Å²) >= 11 is 0. The van der Waals surface area contributed by atoms with Gasteiger partial charge >= 0.3 is 0 Å². The first-order valence-corrected chi connectivity index (χ1v) is 7.45. The molecule has 4 heteroatoms. The zero-order valence-corrected chi connectivity index (χ0v) is 12.9. The van der Waals surface area contributed by atoms with E-state index in [1.165, 1.54) is 17.4 Å². The lowest BCUT2D eigenvalue weighted by molar-refractivity contribution is 0.0996. The van der Waals surface area contributed by atoms with Crippen LogP contribution < -0.4 is 10.6 Å². The first-order valence-electron chi connectivity index (χ1n) is 7.45. The molecule has 0 unspecified atom stereocenters. The predicted molar refractivity (Wildman–Crippen MR) is 91.6 cm³/mol. The molecule has 3 rings (SSSR count). The number of amides is 1. The molecule has 3 aromatic rings. The Bertz CT molecular complexity index is 777. The van der Waals surface area contributed by atoms with Crippen molar-refractivity contribution >= 4 is 17.3 Å². The maximum atomic E-state index is 11.9. The van der Waals surface area contributed by atoms with Crippen LogP contribution in [0.1, 0.15) is 21.7 Å². The number of benzene rings is 2. The molecular weight excluding hydrogens is 288 g/mol. The van der Waals surface area contributed by atoms with Gasteiger partial charge in [-0.2, -0.15) is 0 Å². The Kier molecular flexibility index (Phi) is 4.43. The van der Waals surface area contributed by atoms with Crippen LogP contribution in [0.25, 0.3) is 0 Å². The van der Waals surface area contributed by atoms with Gasteiger partial charge in [0, 0.05) is 17.9 Å². The monoisotopic (exact) mass is 306 g/mol. The molecule has 0 fully saturated rings. The van der Waals surface area contributed by atoms with Crippen LogP contribution in [0.4, 0.5) is 11.4 Å².